The molecule has 0 aliphatic rings. The minimum absolute atomic E-state index is 0.262. The van der Waals surface area contributed by atoms with E-state index in [-0.39, 0.29) is 7.92 Å². The van der Waals surface area contributed by atoms with E-state index < -0.39 is 5.97 Å². The van der Waals surface area contributed by atoms with Crippen molar-refractivity contribution in [1.29, 1.82) is 0 Å². The van der Waals surface area contributed by atoms with Crippen LogP contribution in [0.2, 0.25) is 4.89 Å². The molecular formula is C15H31O2PPd. The van der Waals surface area contributed by atoms with Gasteiger partial charge < -0.3 is 9.90 Å². The third-order valence-corrected chi connectivity index (χ3v) is 6.50. The summed E-state index contributed by atoms with van der Waals surface area (Å²) in [6.45, 7) is 20.7. The van der Waals surface area contributed by atoms with E-state index in [0.717, 1.165) is 28.8 Å². The summed E-state index contributed by atoms with van der Waals surface area (Å²) in [5.74, 6) is -1.08. The molecule has 19 heavy (non-hydrogen) atoms. The van der Waals surface area contributed by atoms with Crippen LogP contribution < -0.4 is 5.11 Å². The number of allylic oxidation sites excluding steroid dienone is 1. The average Bonchev–Trinajstić information content (AvgIpc) is 2.15. The van der Waals surface area contributed by atoms with Crippen molar-refractivity contribution in [2.75, 3.05) is 0 Å². The number of hydrogen-bond donors (Lipinski definition) is 0. The van der Waals surface area contributed by atoms with Gasteiger partial charge in [0.15, 0.2) is 0 Å². The summed E-state index contributed by atoms with van der Waals surface area (Å²) >= 11 is 2.99. The normalized spacial score (nSPS) is 10.0. The number of aliphatic carboxylic acids is 1. The molecule has 0 aromatic heterocycles. The quantitative estimate of drug-likeness (QED) is 0.420. The van der Waals surface area contributed by atoms with Gasteiger partial charge in [-0.25, -0.2) is 0 Å². The maximum Gasteiger partial charge on any atom is 0.0383 e. The molecule has 2 nitrogen and oxygen atoms in total. The first kappa shape index (κ1) is 24.3. The molecular weight excluding hydrogens is 350 g/mol. The predicted molar refractivity (Wildman–Crippen MR) is 82.6 cm³/mol. The summed E-state index contributed by atoms with van der Waals surface area (Å²) in [5.41, 5.74) is 3.88. The minimum atomic E-state index is -1.08. The molecule has 0 atom stereocenters. The minimum Gasteiger partial charge on any atom is -0.550 e. The first-order valence-corrected chi connectivity index (χ1v) is 9.23. The van der Waals surface area contributed by atoms with Crippen LogP contribution in [0.1, 0.15) is 55.4 Å². The summed E-state index contributed by atoms with van der Waals surface area (Å²) in [7, 11) is 0.262. The van der Waals surface area contributed by atoms with E-state index in [1.165, 1.54) is 5.57 Å². The summed E-state index contributed by atoms with van der Waals surface area (Å²) in [5, 5.41) is 8.89. The third kappa shape index (κ3) is 23.8. The van der Waals surface area contributed by atoms with Crippen molar-refractivity contribution in [3.05, 3.63) is 12.2 Å². The molecule has 0 fully saturated rings. The Kier molecular flexibility index (Phi) is 18.8. The number of rotatable bonds is 4. The monoisotopic (exact) mass is 380 g/mol. The molecule has 0 spiro atoms. The second kappa shape index (κ2) is 14.7. The molecule has 0 aliphatic heterocycles. The summed E-state index contributed by atoms with van der Waals surface area (Å²) in [6.07, 6.45) is 0. The van der Waals surface area contributed by atoms with E-state index in [2.05, 4.69) is 67.3 Å². The molecule has 118 valence electrons. The standard InChI is InChI=1S/C9H21P.C4H7.C2H4O2.Pd/c1-7(2)10(8(3)4)9(5)6;1-4(2)3;1-2(3)4;/h7-9H,1-6H3;1-2H2,3H3;1H3,(H,3,4);/q;;;+1/p-1. The summed E-state index contributed by atoms with van der Waals surface area (Å²) in [6, 6.07) is 0. The Morgan fingerprint density at radius 1 is 1.05 bits per heavy atom. The second-order valence-corrected chi connectivity index (χ2v) is 9.83. The Labute approximate surface area is 132 Å². The van der Waals surface area contributed by atoms with Gasteiger partial charge in [0, 0.05) is 5.97 Å². The SMILES string of the molecule is C=C(C)[CH2][Pd+].CC(=O)[O-].CC(C)P(C(C)C)C(C)C. The van der Waals surface area contributed by atoms with Crippen molar-refractivity contribution in [2.45, 2.75) is 77.3 Å². The first-order chi connectivity index (χ1) is 8.47. The molecule has 0 saturated heterocycles. The van der Waals surface area contributed by atoms with Gasteiger partial charge in [-0.3, -0.25) is 0 Å². The number of carbonyl (C=O) groups is 1. The van der Waals surface area contributed by atoms with Crippen LogP contribution in [-0.4, -0.2) is 22.9 Å². The Morgan fingerprint density at radius 3 is 1.21 bits per heavy atom. The van der Waals surface area contributed by atoms with Gasteiger partial charge in [-0.1, -0.05) is 49.5 Å². The second-order valence-electron chi connectivity index (χ2n) is 5.29. The molecule has 0 saturated carbocycles. The number of carboxylic acids is 1. The molecule has 0 unspecified atom stereocenters. The zero-order chi connectivity index (χ0) is 16.2. The van der Waals surface area contributed by atoms with Crippen molar-refractivity contribution in [2.24, 2.45) is 0 Å². The average molecular weight is 381 g/mol. The summed E-state index contributed by atoms with van der Waals surface area (Å²) < 4.78 is 0. The van der Waals surface area contributed by atoms with Gasteiger partial charge in [0.25, 0.3) is 0 Å². The van der Waals surface area contributed by atoms with Crippen LogP contribution in [0.5, 0.6) is 0 Å². The molecule has 0 amide bonds. The number of hydrogen-bond acceptors (Lipinski definition) is 2. The van der Waals surface area contributed by atoms with E-state index in [1.807, 2.05) is 6.92 Å². The van der Waals surface area contributed by atoms with E-state index in [4.69, 9.17) is 9.90 Å². The Hall–Kier alpha value is 0.302. The molecule has 0 bridgehead atoms. The topological polar surface area (TPSA) is 40.1 Å². The molecule has 0 aromatic rings. The Morgan fingerprint density at radius 2 is 1.21 bits per heavy atom. The largest absolute Gasteiger partial charge is 0.550 e. The number of carbonyl (C=O) groups excluding carboxylic acids is 1. The van der Waals surface area contributed by atoms with Gasteiger partial charge in [0.05, 0.1) is 0 Å². The molecule has 0 aromatic carbocycles. The van der Waals surface area contributed by atoms with Gasteiger partial charge in [-0.05, 0) is 23.9 Å². The molecule has 0 rings (SSSR count). The number of carboxylic acid groups (broad SMARTS) is 1. The van der Waals surface area contributed by atoms with Crippen molar-refractivity contribution in [1.82, 2.24) is 0 Å². The maximum atomic E-state index is 8.89. The van der Waals surface area contributed by atoms with E-state index in [0.29, 0.717) is 0 Å². The van der Waals surface area contributed by atoms with Crippen LogP contribution in [0, 0.1) is 0 Å². The van der Waals surface area contributed by atoms with Crippen molar-refractivity contribution in [3.63, 3.8) is 0 Å². The van der Waals surface area contributed by atoms with Gasteiger partial charge >= 0.3 is 43.2 Å². The Balaban J connectivity index is -0.000000238. The molecule has 0 heterocycles. The fourth-order valence-electron chi connectivity index (χ4n) is 1.79. The molecule has 4 heteroatoms. The fraction of sp³-hybridized carbons (Fsp3) is 0.800. The predicted octanol–water partition coefficient (Wildman–Crippen LogP) is 3.98. The first-order valence-electron chi connectivity index (χ1n) is 6.58. The Bertz CT molecular complexity index is 215. The maximum absolute atomic E-state index is 8.89. The molecule has 0 aliphatic carbocycles. The van der Waals surface area contributed by atoms with Crippen LogP contribution in [-0.2, 0) is 24.0 Å². The smallest absolute Gasteiger partial charge is 0.0383 e. The van der Waals surface area contributed by atoms with Gasteiger partial charge in [-0.15, -0.1) is 0 Å². The zero-order valence-electron chi connectivity index (χ0n) is 13.7. The fourth-order valence-corrected chi connectivity index (χ4v) is 5.37. The van der Waals surface area contributed by atoms with Crippen LogP contribution in [0.15, 0.2) is 12.2 Å². The van der Waals surface area contributed by atoms with E-state index >= 15 is 0 Å². The molecule has 0 radical (unpaired) electrons. The van der Waals surface area contributed by atoms with Gasteiger partial charge in [-0.2, -0.15) is 0 Å². The van der Waals surface area contributed by atoms with E-state index in [9.17, 15) is 0 Å². The van der Waals surface area contributed by atoms with Gasteiger partial charge in [0.1, 0.15) is 0 Å². The molecule has 0 N–H and O–H groups in total. The van der Waals surface area contributed by atoms with Crippen LogP contribution >= 0.6 is 7.92 Å². The van der Waals surface area contributed by atoms with Crippen molar-refractivity contribution >= 4 is 13.9 Å². The van der Waals surface area contributed by atoms with Gasteiger partial charge in [0.2, 0.25) is 0 Å². The summed E-state index contributed by atoms with van der Waals surface area (Å²) in [4.78, 5) is 9.85. The van der Waals surface area contributed by atoms with Crippen molar-refractivity contribution < 1.29 is 29.1 Å². The van der Waals surface area contributed by atoms with Crippen molar-refractivity contribution in [3.8, 4) is 0 Å². The van der Waals surface area contributed by atoms with Crippen LogP contribution in [0.25, 0.3) is 0 Å². The van der Waals surface area contributed by atoms with Crippen LogP contribution in [0.3, 0.4) is 0 Å². The van der Waals surface area contributed by atoms with E-state index in [1.54, 1.807) is 0 Å². The third-order valence-electron chi connectivity index (χ3n) is 1.98. The zero-order valence-corrected chi connectivity index (χ0v) is 16.2. The van der Waals surface area contributed by atoms with Crippen LogP contribution in [0.4, 0.5) is 0 Å².